The summed E-state index contributed by atoms with van der Waals surface area (Å²) in [5.74, 6) is -0.348. The van der Waals surface area contributed by atoms with E-state index >= 15 is 0 Å². The van der Waals surface area contributed by atoms with Crippen molar-refractivity contribution in [1.82, 2.24) is 9.80 Å². The van der Waals surface area contributed by atoms with Crippen LogP contribution in [0.5, 0.6) is 0 Å². The first-order valence-corrected chi connectivity index (χ1v) is 10.7. The average Bonchev–Trinajstić information content (AvgIpc) is 3.08. The van der Waals surface area contributed by atoms with E-state index in [2.05, 4.69) is 72.1 Å². The Balaban J connectivity index is 2.27. The van der Waals surface area contributed by atoms with E-state index in [0.717, 1.165) is 11.3 Å². The van der Waals surface area contributed by atoms with Crippen LogP contribution in [0.4, 0.5) is 10.5 Å². The first-order valence-electron chi connectivity index (χ1n) is 10.7. The summed E-state index contributed by atoms with van der Waals surface area (Å²) >= 11 is 0. The standard InChI is InChI=1S/C24H37N3O3/c1-21(2,3)25-14-24(17-12-11-16(13-18(17)25)19(28)30-10)15-26(22(4,5)6)20(29)27(24)23(7,8)9/h11-13H,14-15H2,1-10H3. The van der Waals surface area contributed by atoms with E-state index < -0.39 is 5.54 Å². The third-order valence-electron chi connectivity index (χ3n) is 6.19. The fraction of sp³-hybridized carbons (Fsp3) is 0.667. The Kier molecular flexibility index (Phi) is 4.96. The van der Waals surface area contributed by atoms with Gasteiger partial charge in [-0.05, 0) is 74.4 Å². The highest BCUT2D eigenvalue weighted by molar-refractivity contribution is 5.92. The van der Waals surface area contributed by atoms with Gasteiger partial charge in [-0.1, -0.05) is 6.07 Å². The Bertz CT molecular complexity index is 873. The van der Waals surface area contributed by atoms with Crippen molar-refractivity contribution in [3.63, 3.8) is 0 Å². The second-order valence-electron chi connectivity index (χ2n) is 11.6. The molecule has 1 spiro atoms. The maximum Gasteiger partial charge on any atom is 0.337 e. The summed E-state index contributed by atoms with van der Waals surface area (Å²) in [5, 5.41) is 0. The number of urea groups is 1. The lowest BCUT2D eigenvalue weighted by atomic mass is 9.86. The fourth-order valence-electron chi connectivity index (χ4n) is 4.91. The Morgan fingerprint density at radius 1 is 0.900 bits per heavy atom. The van der Waals surface area contributed by atoms with Crippen molar-refractivity contribution in [3.05, 3.63) is 29.3 Å². The number of nitrogens with zero attached hydrogens (tertiary/aromatic N) is 3. The Morgan fingerprint density at radius 3 is 1.90 bits per heavy atom. The number of benzene rings is 1. The second kappa shape index (κ2) is 6.63. The highest BCUT2D eigenvalue weighted by Gasteiger charge is 2.61. The van der Waals surface area contributed by atoms with Crippen molar-refractivity contribution in [2.24, 2.45) is 0 Å². The summed E-state index contributed by atoms with van der Waals surface area (Å²) in [5.41, 5.74) is 1.33. The minimum absolute atomic E-state index is 0.0637. The van der Waals surface area contributed by atoms with Gasteiger partial charge in [0.05, 0.1) is 19.2 Å². The average molecular weight is 416 g/mol. The molecule has 2 aliphatic rings. The van der Waals surface area contributed by atoms with Crippen LogP contribution in [-0.4, -0.2) is 58.6 Å². The van der Waals surface area contributed by atoms with Gasteiger partial charge in [-0.15, -0.1) is 0 Å². The number of carbonyl (C=O) groups excluding carboxylic acids is 2. The molecule has 0 aromatic heterocycles. The molecule has 2 amide bonds. The molecule has 1 atom stereocenters. The maximum absolute atomic E-state index is 13.7. The minimum atomic E-state index is -0.486. The molecule has 0 aliphatic carbocycles. The summed E-state index contributed by atoms with van der Waals surface area (Å²) in [7, 11) is 1.40. The first-order chi connectivity index (χ1) is 13.5. The van der Waals surface area contributed by atoms with Crippen LogP contribution < -0.4 is 4.90 Å². The molecule has 2 aliphatic heterocycles. The van der Waals surface area contributed by atoms with Crippen LogP contribution in [0.2, 0.25) is 0 Å². The maximum atomic E-state index is 13.7. The Morgan fingerprint density at radius 2 is 1.43 bits per heavy atom. The van der Waals surface area contributed by atoms with Crippen LogP contribution in [0.1, 0.15) is 78.2 Å². The quantitative estimate of drug-likeness (QED) is 0.628. The smallest absolute Gasteiger partial charge is 0.337 e. The zero-order valence-corrected chi connectivity index (χ0v) is 20.2. The largest absolute Gasteiger partial charge is 0.465 e. The van der Waals surface area contributed by atoms with Crippen molar-refractivity contribution in [2.75, 3.05) is 25.1 Å². The van der Waals surface area contributed by atoms with Gasteiger partial charge in [0.1, 0.15) is 5.54 Å². The number of ether oxygens (including phenoxy) is 1. The molecule has 1 unspecified atom stereocenters. The highest BCUT2D eigenvalue weighted by Crippen LogP contribution is 2.52. The molecule has 1 fully saturated rings. The van der Waals surface area contributed by atoms with E-state index in [-0.39, 0.29) is 28.6 Å². The molecular weight excluding hydrogens is 378 g/mol. The van der Waals surface area contributed by atoms with Gasteiger partial charge in [0.2, 0.25) is 0 Å². The Labute approximate surface area is 181 Å². The van der Waals surface area contributed by atoms with E-state index in [1.54, 1.807) is 0 Å². The molecule has 0 N–H and O–H groups in total. The number of fused-ring (bicyclic) bond motifs is 2. The normalized spacial score (nSPS) is 22.2. The summed E-state index contributed by atoms with van der Waals surface area (Å²) in [6, 6.07) is 5.83. The molecule has 0 saturated carbocycles. The van der Waals surface area contributed by atoms with E-state index in [4.69, 9.17) is 4.74 Å². The molecule has 6 heteroatoms. The lowest BCUT2D eigenvalue weighted by molar-refractivity contribution is 0.0600. The molecule has 1 saturated heterocycles. The van der Waals surface area contributed by atoms with Crippen LogP contribution in [0.25, 0.3) is 0 Å². The zero-order valence-electron chi connectivity index (χ0n) is 20.2. The van der Waals surface area contributed by atoms with E-state index in [0.29, 0.717) is 18.7 Å². The van der Waals surface area contributed by atoms with Crippen LogP contribution >= 0.6 is 0 Å². The molecule has 0 radical (unpaired) electrons. The fourth-order valence-corrected chi connectivity index (χ4v) is 4.91. The predicted molar refractivity (Wildman–Crippen MR) is 120 cm³/mol. The predicted octanol–water partition coefficient (Wildman–Crippen LogP) is 4.62. The van der Waals surface area contributed by atoms with E-state index in [1.807, 2.05) is 23.1 Å². The summed E-state index contributed by atoms with van der Waals surface area (Å²) < 4.78 is 4.96. The molecule has 2 heterocycles. The molecule has 1 aromatic rings. The summed E-state index contributed by atoms with van der Waals surface area (Å²) in [6.07, 6.45) is 0. The van der Waals surface area contributed by atoms with Crippen molar-refractivity contribution in [1.29, 1.82) is 0 Å². The molecular formula is C24H37N3O3. The Hall–Kier alpha value is -2.24. The number of amides is 2. The van der Waals surface area contributed by atoms with Gasteiger partial charge in [0.25, 0.3) is 0 Å². The summed E-state index contributed by atoms with van der Waals surface area (Å²) in [4.78, 5) is 32.3. The lowest BCUT2D eigenvalue weighted by Crippen LogP contribution is -2.57. The number of rotatable bonds is 1. The van der Waals surface area contributed by atoms with Crippen LogP contribution in [0.3, 0.4) is 0 Å². The molecule has 0 bridgehead atoms. The van der Waals surface area contributed by atoms with Gasteiger partial charge >= 0.3 is 12.0 Å². The number of carbonyl (C=O) groups is 2. The van der Waals surface area contributed by atoms with Gasteiger partial charge in [-0.2, -0.15) is 0 Å². The van der Waals surface area contributed by atoms with Crippen LogP contribution in [0.15, 0.2) is 18.2 Å². The summed E-state index contributed by atoms with van der Waals surface area (Å²) in [6.45, 7) is 20.4. The lowest BCUT2D eigenvalue weighted by Gasteiger charge is -2.44. The molecule has 6 nitrogen and oxygen atoms in total. The van der Waals surface area contributed by atoms with Crippen molar-refractivity contribution in [2.45, 2.75) is 84.5 Å². The minimum Gasteiger partial charge on any atom is -0.465 e. The number of esters is 1. The van der Waals surface area contributed by atoms with Gasteiger partial charge in [-0.3, -0.25) is 0 Å². The molecule has 30 heavy (non-hydrogen) atoms. The number of methoxy groups -OCH3 is 1. The number of anilines is 1. The van der Waals surface area contributed by atoms with Crippen molar-refractivity contribution < 1.29 is 14.3 Å². The highest BCUT2D eigenvalue weighted by atomic mass is 16.5. The molecule has 166 valence electrons. The topological polar surface area (TPSA) is 53.1 Å². The SMILES string of the molecule is COC(=O)c1ccc2c(c1)N(C(C)(C)C)CC21CN(C(C)(C)C)C(=O)N1C(C)(C)C. The van der Waals surface area contributed by atoms with Gasteiger partial charge in [0, 0.05) is 34.4 Å². The van der Waals surface area contributed by atoms with Gasteiger partial charge in [0.15, 0.2) is 0 Å². The van der Waals surface area contributed by atoms with Gasteiger partial charge in [-0.25, -0.2) is 9.59 Å². The first kappa shape index (κ1) is 22.4. The number of hydrogen-bond donors (Lipinski definition) is 0. The van der Waals surface area contributed by atoms with E-state index in [9.17, 15) is 9.59 Å². The monoisotopic (exact) mass is 415 g/mol. The zero-order chi connectivity index (χ0) is 22.9. The third-order valence-corrected chi connectivity index (χ3v) is 6.19. The van der Waals surface area contributed by atoms with Crippen molar-refractivity contribution >= 4 is 17.7 Å². The molecule has 3 rings (SSSR count). The van der Waals surface area contributed by atoms with E-state index in [1.165, 1.54) is 7.11 Å². The third kappa shape index (κ3) is 3.34. The van der Waals surface area contributed by atoms with Gasteiger partial charge < -0.3 is 19.4 Å². The second-order valence-corrected chi connectivity index (χ2v) is 11.6. The van der Waals surface area contributed by atoms with Crippen LogP contribution in [-0.2, 0) is 10.3 Å². The van der Waals surface area contributed by atoms with Crippen LogP contribution in [0, 0.1) is 0 Å². The van der Waals surface area contributed by atoms with Crippen molar-refractivity contribution in [3.8, 4) is 0 Å². The molecule has 1 aromatic carbocycles. The number of hydrogen-bond acceptors (Lipinski definition) is 4.